The van der Waals surface area contributed by atoms with E-state index in [-0.39, 0.29) is 0 Å². The summed E-state index contributed by atoms with van der Waals surface area (Å²) < 4.78 is 0. The largest absolute Gasteiger partial charge is 0.256 e. The Bertz CT molecular complexity index is 458. The Kier molecular flexibility index (Phi) is 7.20. The first kappa shape index (κ1) is 15.6. The fraction of sp³-hybridized carbons (Fsp3) is 0.438. The van der Waals surface area contributed by atoms with E-state index in [0.29, 0.717) is 0 Å². The standard InChI is InChI=1S/C12H13N.2C2H6/c1-8-4-5-13-12-7-10(3)9(2)6-11(8)12;2*1-2/h4-7H,1-3H3;2*1-2H3. The van der Waals surface area contributed by atoms with Crippen molar-refractivity contribution in [1.82, 2.24) is 4.98 Å². The van der Waals surface area contributed by atoms with Crippen LogP contribution in [0, 0.1) is 20.8 Å². The topological polar surface area (TPSA) is 12.9 Å². The van der Waals surface area contributed by atoms with Gasteiger partial charge in [0.1, 0.15) is 0 Å². The molecule has 2 rings (SSSR count). The maximum Gasteiger partial charge on any atom is 0.0707 e. The highest BCUT2D eigenvalue weighted by molar-refractivity contribution is 5.83. The van der Waals surface area contributed by atoms with Crippen molar-refractivity contribution in [3.05, 3.63) is 41.1 Å². The van der Waals surface area contributed by atoms with Gasteiger partial charge in [-0.2, -0.15) is 0 Å². The highest BCUT2D eigenvalue weighted by Gasteiger charge is 2.00. The molecule has 1 aromatic carbocycles. The first-order valence-electron chi connectivity index (χ1n) is 6.51. The summed E-state index contributed by atoms with van der Waals surface area (Å²) in [6.45, 7) is 14.4. The molecule has 0 bridgehead atoms. The molecule has 94 valence electrons. The summed E-state index contributed by atoms with van der Waals surface area (Å²) in [7, 11) is 0. The van der Waals surface area contributed by atoms with Crippen molar-refractivity contribution in [2.45, 2.75) is 48.5 Å². The molecule has 0 saturated carbocycles. The van der Waals surface area contributed by atoms with Crippen molar-refractivity contribution in [1.29, 1.82) is 0 Å². The van der Waals surface area contributed by atoms with E-state index in [9.17, 15) is 0 Å². The van der Waals surface area contributed by atoms with Gasteiger partial charge >= 0.3 is 0 Å². The summed E-state index contributed by atoms with van der Waals surface area (Å²) in [6, 6.07) is 6.42. The van der Waals surface area contributed by atoms with Crippen LogP contribution in [0.25, 0.3) is 10.9 Å². The quantitative estimate of drug-likeness (QED) is 0.606. The van der Waals surface area contributed by atoms with Crippen LogP contribution in [0.4, 0.5) is 0 Å². The summed E-state index contributed by atoms with van der Waals surface area (Å²) in [4.78, 5) is 4.34. The fourth-order valence-electron chi connectivity index (χ4n) is 1.54. The van der Waals surface area contributed by atoms with E-state index >= 15 is 0 Å². The number of hydrogen-bond acceptors (Lipinski definition) is 1. The first-order valence-corrected chi connectivity index (χ1v) is 6.51. The van der Waals surface area contributed by atoms with Crippen molar-refractivity contribution in [2.75, 3.05) is 0 Å². The molecule has 0 fully saturated rings. The minimum Gasteiger partial charge on any atom is -0.256 e. The second-order valence-electron chi connectivity index (χ2n) is 3.58. The predicted molar refractivity (Wildman–Crippen MR) is 78.7 cm³/mol. The lowest BCUT2D eigenvalue weighted by molar-refractivity contribution is 1.31. The van der Waals surface area contributed by atoms with E-state index in [0.717, 1.165) is 5.52 Å². The van der Waals surface area contributed by atoms with Crippen LogP contribution in [0.2, 0.25) is 0 Å². The van der Waals surface area contributed by atoms with Gasteiger partial charge in [-0.15, -0.1) is 0 Å². The van der Waals surface area contributed by atoms with Crippen molar-refractivity contribution in [3.63, 3.8) is 0 Å². The second-order valence-corrected chi connectivity index (χ2v) is 3.58. The van der Waals surface area contributed by atoms with E-state index < -0.39 is 0 Å². The van der Waals surface area contributed by atoms with Crippen molar-refractivity contribution >= 4 is 10.9 Å². The lowest BCUT2D eigenvalue weighted by Crippen LogP contribution is -1.86. The van der Waals surface area contributed by atoms with Gasteiger partial charge in [-0.3, -0.25) is 4.98 Å². The molecule has 2 aromatic rings. The highest BCUT2D eigenvalue weighted by atomic mass is 14.6. The molecule has 0 saturated heterocycles. The lowest BCUT2D eigenvalue weighted by atomic mass is 10.0. The van der Waals surface area contributed by atoms with E-state index in [4.69, 9.17) is 0 Å². The Morgan fingerprint density at radius 1 is 0.765 bits per heavy atom. The molecule has 1 heterocycles. The minimum absolute atomic E-state index is 1.10. The van der Waals surface area contributed by atoms with Gasteiger partial charge in [-0.05, 0) is 55.7 Å². The van der Waals surface area contributed by atoms with Gasteiger partial charge < -0.3 is 0 Å². The predicted octanol–water partition coefficient (Wildman–Crippen LogP) is 5.21. The summed E-state index contributed by atoms with van der Waals surface area (Å²) in [5, 5.41) is 1.27. The molecule has 1 heteroatoms. The maximum absolute atomic E-state index is 4.34. The first-order chi connectivity index (χ1) is 8.18. The third-order valence-corrected chi connectivity index (χ3v) is 2.58. The minimum atomic E-state index is 1.10. The molecule has 0 amide bonds. The number of fused-ring (bicyclic) bond motifs is 1. The molecule has 0 N–H and O–H groups in total. The van der Waals surface area contributed by atoms with Crippen LogP contribution in [0.15, 0.2) is 24.4 Å². The number of nitrogens with zero attached hydrogens (tertiary/aromatic N) is 1. The smallest absolute Gasteiger partial charge is 0.0707 e. The van der Waals surface area contributed by atoms with Crippen molar-refractivity contribution in [3.8, 4) is 0 Å². The second kappa shape index (κ2) is 7.83. The van der Waals surface area contributed by atoms with Gasteiger partial charge in [0.2, 0.25) is 0 Å². The Hall–Kier alpha value is -1.37. The Labute approximate surface area is 106 Å². The molecular formula is C16H25N. The van der Waals surface area contributed by atoms with Crippen LogP contribution in [-0.4, -0.2) is 4.98 Å². The zero-order valence-electron chi connectivity index (χ0n) is 12.3. The molecule has 0 radical (unpaired) electrons. The van der Waals surface area contributed by atoms with Crippen LogP contribution in [0.5, 0.6) is 0 Å². The Morgan fingerprint density at radius 2 is 1.29 bits per heavy atom. The zero-order valence-corrected chi connectivity index (χ0v) is 12.3. The van der Waals surface area contributed by atoms with Gasteiger partial charge in [0.05, 0.1) is 5.52 Å². The van der Waals surface area contributed by atoms with Gasteiger partial charge in [0.25, 0.3) is 0 Å². The van der Waals surface area contributed by atoms with E-state index in [2.05, 4.69) is 44.0 Å². The van der Waals surface area contributed by atoms with Crippen LogP contribution < -0.4 is 0 Å². The summed E-state index contributed by atoms with van der Waals surface area (Å²) in [5.74, 6) is 0. The molecular weight excluding hydrogens is 206 g/mol. The number of hydrogen-bond donors (Lipinski definition) is 0. The van der Waals surface area contributed by atoms with Gasteiger partial charge in [0.15, 0.2) is 0 Å². The molecule has 1 nitrogen and oxygen atoms in total. The number of aryl methyl sites for hydroxylation is 3. The molecule has 0 unspecified atom stereocenters. The van der Waals surface area contributed by atoms with E-state index in [1.54, 1.807) is 0 Å². The maximum atomic E-state index is 4.34. The normalized spacial score (nSPS) is 8.88. The summed E-state index contributed by atoms with van der Waals surface area (Å²) in [6.07, 6.45) is 1.87. The fourth-order valence-corrected chi connectivity index (χ4v) is 1.54. The van der Waals surface area contributed by atoms with E-state index in [1.165, 1.54) is 22.1 Å². The van der Waals surface area contributed by atoms with Crippen LogP contribution in [0.1, 0.15) is 44.4 Å². The molecule has 0 aliphatic carbocycles. The SMILES string of the molecule is CC.CC.Cc1cc2nccc(C)c2cc1C. The van der Waals surface area contributed by atoms with Gasteiger partial charge in [0, 0.05) is 11.6 Å². The lowest BCUT2D eigenvalue weighted by Gasteiger charge is -2.04. The van der Waals surface area contributed by atoms with Gasteiger partial charge in [-0.25, -0.2) is 0 Å². The molecule has 0 spiro atoms. The van der Waals surface area contributed by atoms with Crippen molar-refractivity contribution in [2.24, 2.45) is 0 Å². The van der Waals surface area contributed by atoms with Crippen LogP contribution >= 0.6 is 0 Å². The Morgan fingerprint density at radius 3 is 1.88 bits per heavy atom. The molecule has 0 aliphatic rings. The number of benzene rings is 1. The summed E-state index contributed by atoms with van der Waals surface area (Å²) >= 11 is 0. The number of aromatic nitrogens is 1. The summed E-state index contributed by atoms with van der Waals surface area (Å²) in [5.41, 5.74) is 5.05. The monoisotopic (exact) mass is 231 g/mol. The molecule has 0 aliphatic heterocycles. The molecule has 0 atom stereocenters. The third-order valence-electron chi connectivity index (χ3n) is 2.58. The number of pyridine rings is 1. The average Bonchev–Trinajstić information content (AvgIpc) is 2.37. The number of rotatable bonds is 0. The van der Waals surface area contributed by atoms with Crippen LogP contribution in [0.3, 0.4) is 0 Å². The van der Waals surface area contributed by atoms with Crippen LogP contribution in [-0.2, 0) is 0 Å². The van der Waals surface area contributed by atoms with E-state index in [1.807, 2.05) is 33.9 Å². The Balaban J connectivity index is 0.000000581. The average molecular weight is 231 g/mol. The zero-order chi connectivity index (χ0) is 13.4. The van der Waals surface area contributed by atoms with Gasteiger partial charge in [-0.1, -0.05) is 27.7 Å². The van der Waals surface area contributed by atoms with Crippen molar-refractivity contribution < 1.29 is 0 Å². The third kappa shape index (κ3) is 3.85. The molecule has 17 heavy (non-hydrogen) atoms. The molecule has 1 aromatic heterocycles. The highest BCUT2D eigenvalue weighted by Crippen LogP contribution is 2.19.